The molecule has 6 nitrogen and oxygen atoms in total. The lowest BCUT2D eigenvalue weighted by Gasteiger charge is -2.26. The summed E-state index contributed by atoms with van der Waals surface area (Å²) in [5.74, 6) is 0.0180. The van der Waals surface area contributed by atoms with Gasteiger partial charge in [-0.25, -0.2) is 4.39 Å². The van der Waals surface area contributed by atoms with Crippen molar-refractivity contribution in [1.29, 1.82) is 0 Å². The van der Waals surface area contributed by atoms with Crippen molar-refractivity contribution in [3.05, 3.63) is 75.8 Å². The van der Waals surface area contributed by atoms with Crippen molar-refractivity contribution in [2.45, 2.75) is 13.5 Å². The molecule has 2 heterocycles. The number of amides is 1. The summed E-state index contributed by atoms with van der Waals surface area (Å²) in [5, 5.41) is 0.873. The van der Waals surface area contributed by atoms with E-state index in [2.05, 4.69) is 0 Å². The van der Waals surface area contributed by atoms with Crippen LogP contribution >= 0.6 is 0 Å². The molecule has 7 heteroatoms. The second-order valence-corrected chi connectivity index (χ2v) is 7.30. The van der Waals surface area contributed by atoms with Crippen LogP contribution in [0.4, 0.5) is 4.39 Å². The summed E-state index contributed by atoms with van der Waals surface area (Å²) in [6.07, 6.45) is 0. The predicted octanol–water partition coefficient (Wildman–Crippen LogP) is 2.73. The first-order valence-electron chi connectivity index (χ1n) is 9.89. The van der Waals surface area contributed by atoms with Gasteiger partial charge in [0.25, 0.3) is 11.5 Å². The number of ether oxygens (including phenoxy) is 2. The number of rotatable bonds is 5. The summed E-state index contributed by atoms with van der Waals surface area (Å²) in [6.45, 7) is 4.06. The molecule has 1 saturated heterocycles. The molecular formula is C23H23FN2O4. The lowest BCUT2D eigenvalue weighted by molar-refractivity contribution is -0.137. The predicted molar refractivity (Wildman–Crippen MR) is 111 cm³/mol. The number of halogens is 1. The number of aryl methyl sites for hydroxylation is 1. The maximum absolute atomic E-state index is 14.2. The Kier molecular flexibility index (Phi) is 5.81. The summed E-state index contributed by atoms with van der Waals surface area (Å²) in [7, 11) is 0. The van der Waals surface area contributed by atoms with Gasteiger partial charge in [0.15, 0.2) is 6.61 Å². The zero-order chi connectivity index (χ0) is 21.1. The van der Waals surface area contributed by atoms with Gasteiger partial charge in [-0.3, -0.25) is 9.59 Å². The smallest absolute Gasteiger partial charge is 0.260 e. The lowest BCUT2D eigenvalue weighted by atomic mass is 10.1. The Bertz CT molecular complexity index is 1140. The van der Waals surface area contributed by atoms with Crippen molar-refractivity contribution in [3.63, 3.8) is 0 Å². The minimum Gasteiger partial charge on any atom is -0.484 e. The van der Waals surface area contributed by atoms with Crippen LogP contribution in [-0.2, 0) is 16.1 Å². The number of aromatic nitrogens is 1. The Morgan fingerprint density at radius 3 is 2.67 bits per heavy atom. The van der Waals surface area contributed by atoms with Crippen LogP contribution in [-0.4, -0.2) is 48.3 Å². The van der Waals surface area contributed by atoms with Crippen molar-refractivity contribution in [3.8, 4) is 5.75 Å². The molecule has 1 amide bonds. The highest BCUT2D eigenvalue weighted by atomic mass is 19.1. The SMILES string of the molecule is Cc1cc(=O)n(Cc2ccccc2F)c2cc(OCC(=O)N3CCOCC3)ccc12. The number of carbonyl (C=O) groups is 1. The molecule has 2 aromatic carbocycles. The second kappa shape index (κ2) is 8.67. The van der Waals surface area contributed by atoms with Gasteiger partial charge < -0.3 is 18.9 Å². The second-order valence-electron chi connectivity index (χ2n) is 7.30. The summed E-state index contributed by atoms with van der Waals surface area (Å²) in [6, 6.07) is 13.3. The molecule has 1 fully saturated rings. The molecule has 30 heavy (non-hydrogen) atoms. The first kappa shape index (κ1) is 20.1. The number of hydrogen-bond acceptors (Lipinski definition) is 4. The zero-order valence-electron chi connectivity index (χ0n) is 16.8. The number of hydrogen-bond donors (Lipinski definition) is 0. The highest BCUT2D eigenvalue weighted by Crippen LogP contribution is 2.23. The van der Waals surface area contributed by atoms with Crippen molar-refractivity contribution in [2.75, 3.05) is 32.9 Å². The van der Waals surface area contributed by atoms with Gasteiger partial charge >= 0.3 is 0 Å². The van der Waals surface area contributed by atoms with E-state index in [9.17, 15) is 14.0 Å². The van der Waals surface area contributed by atoms with Crippen LogP contribution in [0.2, 0.25) is 0 Å². The number of benzene rings is 2. The number of morpholine rings is 1. The fraction of sp³-hybridized carbons (Fsp3) is 0.304. The van der Waals surface area contributed by atoms with Gasteiger partial charge in [0.05, 0.1) is 25.3 Å². The Morgan fingerprint density at radius 2 is 1.90 bits per heavy atom. The molecule has 0 unspecified atom stereocenters. The van der Waals surface area contributed by atoms with E-state index < -0.39 is 0 Å². The molecule has 1 aromatic heterocycles. The molecule has 0 radical (unpaired) electrons. The van der Waals surface area contributed by atoms with Crippen LogP contribution in [0.3, 0.4) is 0 Å². The molecule has 0 N–H and O–H groups in total. The molecule has 4 rings (SSSR count). The maximum atomic E-state index is 14.2. The van der Waals surface area contributed by atoms with Gasteiger partial charge in [0, 0.05) is 36.2 Å². The van der Waals surface area contributed by atoms with E-state index in [1.165, 1.54) is 10.6 Å². The highest BCUT2D eigenvalue weighted by Gasteiger charge is 2.17. The van der Waals surface area contributed by atoms with Crippen LogP contribution in [0.1, 0.15) is 11.1 Å². The average molecular weight is 410 g/mol. The zero-order valence-corrected chi connectivity index (χ0v) is 16.8. The van der Waals surface area contributed by atoms with Crippen LogP contribution in [0.15, 0.2) is 53.3 Å². The first-order valence-corrected chi connectivity index (χ1v) is 9.89. The third-order valence-corrected chi connectivity index (χ3v) is 5.30. The monoisotopic (exact) mass is 410 g/mol. The molecule has 0 aliphatic carbocycles. The molecule has 1 aliphatic heterocycles. The van der Waals surface area contributed by atoms with Crippen molar-refractivity contribution in [1.82, 2.24) is 9.47 Å². The fourth-order valence-corrected chi connectivity index (χ4v) is 3.63. The Hall–Kier alpha value is -3.19. The molecule has 0 saturated carbocycles. The first-order chi connectivity index (χ1) is 14.5. The van der Waals surface area contributed by atoms with E-state index in [1.54, 1.807) is 41.3 Å². The highest BCUT2D eigenvalue weighted by molar-refractivity contribution is 5.84. The van der Waals surface area contributed by atoms with Gasteiger partial charge in [-0.15, -0.1) is 0 Å². The molecule has 0 bridgehead atoms. The number of carbonyl (C=O) groups excluding carboxylic acids is 1. The van der Waals surface area contributed by atoms with Gasteiger partial charge in [-0.1, -0.05) is 18.2 Å². The Balaban J connectivity index is 1.62. The van der Waals surface area contributed by atoms with Crippen molar-refractivity contribution in [2.24, 2.45) is 0 Å². The largest absolute Gasteiger partial charge is 0.484 e. The van der Waals surface area contributed by atoms with Crippen LogP contribution in [0.5, 0.6) is 5.75 Å². The quantitative estimate of drug-likeness (QED) is 0.649. The van der Waals surface area contributed by atoms with Gasteiger partial charge in [-0.2, -0.15) is 0 Å². The van der Waals surface area contributed by atoms with Crippen LogP contribution in [0.25, 0.3) is 10.9 Å². The van der Waals surface area contributed by atoms with Gasteiger partial charge in [-0.05, 0) is 30.7 Å². The normalized spacial score (nSPS) is 14.1. The number of pyridine rings is 1. The molecule has 1 aliphatic rings. The Morgan fingerprint density at radius 1 is 1.13 bits per heavy atom. The Labute approximate surface area is 173 Å². The average Bonchev–Trinajstić information content (AvgIpc) is 2.76. The molecule has 3 aromatic rings. The van der Waals surface area contributed by atoms with Gasteiger partial charge in [0.1, 0.15) is 11.6 Å². The number of nitrogens with zero attached hydrogens (tertiary/aromatic N) is 2. The van der Waals surface area contributed by atoms with E-state index in [0.29, 0.717) is 43.1 Å². The molecule has 0 atom stereocenters. The van der Waals surface area contributed by atoms with Crippen LogP contribution < -0.4 is 10.3 Å². The maximum Gasteiger partial charge on any atom is 0.260 e. The summed E-state index contributed by atoms with van der Waals surface area (Å²) in [4.78, 5) is 26.7. The van der Waals surface area contributed by atoms with Crippen molar-refractivity contribution < 1.29 is 18.7 Å². The van der Waals surface area contributed by atoms with E-state index in [4.69, 9.17) is 9.47 Å². The third-order valence-electron chi connectivity index (χ3n) is 5.30. The number of fused-ring (bicyclic) bond motifs is 1. The third kappa shape index (κ3) is 4.21. The van der Waals surface area contributed by atoms with Crippen molar-refractivity contribution >= 4 is 16.8 Å². The fourth-order valence-electron chi connectivity index (χ4n) is 3.63. The molecular weight excluding hydrogens is 387 g/mol. The van der Waals surface area contributed by atoms with E-state index >= 15 is 0 Å². The molecule has 156 valence electrons. The van der Waals surface area contributed by atoms with E-state index in [1.807, 2.05) is 13.0 Å². The topological polar surface area (TPSA) is 60.8 Å². The standard InChI is InChI=1S/C23H23FN2O4/c1-16-12-22(27)26(14-17-4-2-3-5-20(17)24)21-13-18(6-7-19(16)21)30-15-23(28)25-8-10-29-11-9-25/h2-7,12-13H,8-11,14-15H2,1H3. The van der Waals surface area contributed by atoms with E-state index in [0.717, 1.165) is 10.9 Å². The summed E-state index contributed by atoms with van der Waals surface area (Å²) in [5.41, 5.74) is 1.68. The van der Waals surface area contributed by atoms with E-state index in [-0.39, 0.29) is 30.4 Å². The minimum absolute atomic E-state index is 0.0884. The van der Waals surface area contributed by atoms with Crippen LogP contribution in [0, 0.1) is 12.7 Å². The summed E-state index contributed by atoms with van der Waals surface area (Å²) < 4.78 is 26.7. The molecule has 0 spiro atoms. The lowest BCUT2D eigenvalue weighted by Crippen LogP contribution is -2.42. The minimum atomic E-state index is -0.360. The summed E-state index contributed by atoms with van der Waals surface area (Å²) >= 11 is 0. The van der Waals surface area contributed by atoms with Gasteiger partial charge in [0.2, 0.25) is 0 Å².